The summed E-state index contributed by atoms with van der Waals surface area (Å²) in [7, 11) is -1.77. The van der Waals surface area contributed by atoms with Crippen LogP contribution in [0.25, 0.3) is 0 Å². The molecule has 47 heavy (non-hydrogen) atoms. The fraction of sp³-hybridized carbons (Fsp3) is 0.531. The Morgan fingerprint density at radius 1 is 1.11 bits per heavy atom. The van der Waals surface area contributed by atoms with Crippen LogP contribution in [-0.2, 0) is 20.8 Å². The van der Waals surface area contributed by atoms with Crippen LogP contribution in [0.15, 0.2) is 54.7 Å². The Morgan fingerprint density at radius 2 is 1.83 bits per heavy atom. The molecule has 2 aromatic carbocycles. The van der Waals surface area contributed by atoms with Gasteiger partial charge in [0.25, 0.3) is 5.91 Å². The normalized spacial score (nSPS) is 29.0. The first-order valence-electron chi connectivity index (χ1n) is 15.6. The van der Waals surface area contributed by atoms with Gasteiger partial charge in [0.1, 0.15) is 30.2 Å². The van der Waals surface area contributed by atoms with Crippen LogP contribution < -0.4 is 10.1 Å². The van der Waals surface area contributed by atoms with Crippen molar-refractivity contribution in [3.63, 3.8) is 0 Å². The summed E-state index contributed by atoms with van der Waals surface area (Å²) in [4.78, 5) is 12.9. The molecule has 0 radical (unpaired) electrons. The first kappa shape index (κ1) is 35.0. The number of methoxy groups -OCH3 is 1. The van der Waals surface area contributed by atoms with Crippen molar-refractivity contribution in [1.82, 2.24) is 15.0 Å². The predicted molar refractivity (Wildman–Crippen MR) is 170 cm³/mol. The number of hydrogen-bond acceptors (Lipinski definition) is 11. The maximum absolute atomic E-state index is 16.0. The molecule has 256 valence electrons. The zero-order valence-corrected chi connectivity index (χ0v) is 27.7. The molecule has 1 fully saturated rings. The number of carbonyl (C=O) groups excluding carboxylic acids is 1. The summed E-state index contributed by atoms with van der Waals surface area (Å²) in [5.41, 5.74) is 2.04. The van der Waals surface area contributed by atoms with Crippen molar-refractivity contribution in [2.75, 3.05) is 19.0 Å². The quantitative estimate of drug-likeness (QED) is 0.129. The van der Waals surface area contributed by atoms with E-state index in [1.165, 1.54) is 0 Å². The largest absolute Gasteiger partial charge is 0.490 e. The van der Waals surface area contributed by atoms with Gasteiger partial charge in [0, 0.05) is 42.6 Å². The molecule has 10 atom stereocenters. The van der Waals surface area contributed by atoms with Crippen molar-refractivity contribution >= 4 is 20.0 Å². The summed E-state index contributed by atoms with van der Waals surface area (Å²) in [5, 5.41) is 60.9. The second-order valence-electron chi connectivity index (χ2n) is 12.8. The molecule has 5 rings (SSSR count). The third-order valence-electron chi connectivity index (χ3n) is 9.19. The lowest BCUT2D eigenvalue weighted by molar-refractivity contribution is -0.274. The molecule has 3 heterocycles. The molecule has 2 unspecified atom stereocenters. The monoisotopic (exact) mass is 674 g/mol. The minimum absolute atomic E-state index is 0.126. The number of amides is 1. The Balaban J connectivity index is 1.31. The highest BCUT2D eigenvalue weighted by Crippen LogP contribution is 2.48. The van der Waals surface area contributed by atoms with E-state index >= 15 is 4.11 Å². The van der Waals surface area contributed by atoms with Crippen LogP contribution in [0.1, 0.15) is 42.2 Å². The van der Waals surface area contributed by atoms with Crippen LogP contribution in [0.4, 0.5) is 9.80 Å². The van der Waals surface area contributed by atoms with E-state index < -0.39 is 62.8 Å². The minimum atomic E-state index is -3.32. The van der Waals surface area contributed by atoms with E-state index in [9.17, 15) is 30.3 Å². The van der Waals surface area contributed by atoms with Gasteiger partial charge < -0.3 is 49.2 Å². The summed E-state index contributed by atoms with van der Waals surface area (Å²) in [6, 6.07) is 14.4. The van der Waals surface area contributed by atoms with Gasteiger partial charge in [0.2, 0.25) is 8.41 Å². The number of anilines is 1. The third-order valence-corrected chi connectivity index (χ3v) is 11.6. The van der Waals surface area contributed by atoms with Gasteiger partial charge in [-0.1, -0.05) is 42.5 Å². The lowest BCUT2D eigenvalue weighted by atomic mass is 9.86. The van der Waals surface area contributed by atoms with Crippen molar-refractivity contribution in [3.05, 3.63) is 71.5 Å². The second kappa shape index (κ2) is 14.5. The molecule has 1 saturated heterocycles. The summed E-state index contributed by atoms with van der Waals surface area (Å²) >= 11 is 0. The number of fused-ring (bicyclic) bond motifs is 1. The summed E-state index contributed by atoms with van der Waals surface area (Å²) in [5.74, 6) is -0.977. The Hall–Kier alpha value is -3.28. The number of aryl methyl sites for hydroxylation is 1. The van der Waals surface area contributed by atoms with Crippen LogP contribution in [-0.4, -0.2) is 105 Å². The number of halogens is 1. The molecule has 13 nitrogen and oxygen atoms in total. The fourth-order valence-corrected chi connectivity index (χ4v) is 8.52. The van der Waals surface area contributed by atoms with Crippen molar-refractivity contribution in [1.29, 1.82) is 0 Å². The molecule has 3 aromatic rings. The molecule has 0 spiro atoms. The van der Waals surface area contributed by atoms with Gasteiger partial charge in [-0.2, -0.15) is 0 Å². The highest BCUT2D eigenvalue weighted by atomic mass is 28.4. The molecule has 2 aliphatic heterocycles. The lowest BCUT2D eigenvalue weighted by Gasteiger charge is -2.43. The van der Waals surface area contributed by atoms with Gasteiger partial charge in [-0.25, -0.2) is 0 Å². The Labute approximate surface area is 273 Å². The highest BCUT2D eigenvalue weighted by molar-refractivity contribution is 6.72. The van der Waals surface area contributed by atoms with Gasteiger partial charge in [0.05, 0.1) is 24.3 Å². The predicted octanol–water partition coefficient (Wildman–Crippen LogP) is 1.86. The first-order valence-corrected chi connectivity index (χ1v) is 18.6. The third kappa shape index (κ3) is 7.42. The maximum Gasteiger partial charge on any atom is 0.256 e. The van der Waals surface area contributed by atoms with E-state index in [0.29, 0.717) is 35.7 Å². The molecule has 1 amide bonds. The number of aliphatic hydroxyl groups excluding tert-OH is 5. The topological polar surface area (TPSA) is 189 Å². The zero-order chi connectivity index (χ0) is 34.0. The van der Waals surface area contributed by atoms with Gasteiger partial charge in [-0.15, -0.1) is 5.10 Å². The number of ether oxygens (including phenoxy) is 3. The number of aliphatic hydroxyl groups is 5. The summed E-state index contributed by atoms with van der Waals surface area (Å²) in [6.07, 6.45) is -7.63. The van der Waals surface area contributed by atoms with Crippen molar-refractivity contribution in [2.24, 2.45) is 5.92 Å². The SMILES string of the molecule is CO[C@@H]1c2cc(NC(=O)[C@H]3O[C@@H](O)[C@H](O)[C@@H](O)[C@@H]3O)ccc2O[C@H](C(CCn2cc(C(CO)c3ccccc3)nn2)[Si](C)(C)F)[C@H]1C. The standard InChI is InChI=1S/C32H43FN4O9Si/c1-17-28(44-2)20-14-19(34-31(42)30-26(40)25(39)27(41)32(43)46-30)10-11-23(20)45-29(17)24(47(3,4)33)12-13-37-15-22(35-36-37)21(16-38)18-8-6-5-7-9-18/h5-11,14-15,17,21,24-30,32,38-41,43H,12-13,16H2,1-4H3,(H,34,42)/t17-,21?,24?,25-,26-,27+,28-,29-,30-,32+/m0/s1. The van der Waals surface area contributed by atoms with Gasteiger partial charge in [0.15, 0.2) is 12.4 Å². The molecule has 0 bridgehead atoms. The van der Waals surface area contributed by atoms with Gasteiger partial charge in [-0.3, -0.25) is 9.48 Å². The number of carbonyl (C=O) groups is 1. The minimum Gasteiger partial charge on any atom is -0.490 e. The van der Waals surface area contributed by atoms with Crippen LogP contribution in [0, 0.1) is 5.92 Å². The van der Waals surface area contributed by atoms with E-state index in [4.69, 9.17) is 14.2 Å². The highest BCUT2D eigenvalue weighted by Gasteiger charge is 2.48. The molecule has 0 aliphatic carbocycles. The Bertz CT molecular complexity index is 1510. The zero-order valence-electron chi connectivity index (χ0n) is 26.7. The number of rotatable bonds is 11. The Kier molecular flexibility index (Phi) is 10.8. The van der Waals surface area contributed by atoms with Crippen LogP contribution in [0.5, 0.6) is 5.75 Å². The summed E-state index contributed by atoms with van der Waals surface area (Å²) < 4.78 is 35.1. The van der Waals surface area contributed by atoms with Crippen molar-refractivity contribution in [3.8, 4) is 5.75 Å². The van der Waals surface area contributed by atoms with Gasteiger partial charge in [-0.05, 0) is 43.3 Å². The number of aromatic nitrogens is 3. The average molecular weight is 675 g/mol. The molecule has 1 aromatic heterocycles. The van der Waals surface area contributed by atoms with E-state index in [0.717, 1.165) is 5.56 Å². The number of nitrogens with one attached hydrogen (secondary N) is 1. The fourth-order valence-electron chi connectivity index (χ4n) is 6.55. The number of nitrogens with zero attached hydrogens (tertiary/aromatic N) is 3. The smallest absolute Gasteiger partial charge is 0.256 e. The number of hydrogen-bond donors (Lipinski definition) is 6. The molecule has 0 saturated carbocycles. The molecule has 2 aliphatic rings. The summed E-state index contributed by atoms with van der Waals surface area (Å²) in [6.45, 7) is 5.51. The van der Waals surface area contributed by atoms with E-state index in [2.05, 4.69) is 15.6 Å². The van der Waals surface area contributed by atoms with Crippen LogP contribution >= 0.6 is 0 Å². The van der Waals surface area contributed by atoms with Crippen LogP contribution in [0.3, 0.4) is 0 Å². The number of benzene rings is 2. The van der Waals surface area contributed by atoms with Crippen LogP contribution in [0.2, 0.25) is 18.6 Å². The second-order valence-corrected chi connectivity index (χ2v) is 16.6. The van der Waals surface area contributed by atoms with E-state index in [1.807, 2.05) is 37.3 Å². The first-order chi connectivity index (χ1) is 22.3. The van der Waals surface area contributed by atoms with Gasteiger partial charge >= 0.3 is 0 Å². The van der Waals surface area contributed by atoms with Crippen molar-refractivity contribution < 1.29 is 48.6 Å². The molecular weight excluding hydrogens is 631 g/mol. The van der Waals surface area contributed by atoms with E-state index in [1.54, 1.807) is 49.3 Å². The lowest BCUT2D eigenvalue weighted by Crippen LogP contribution is -2.60. The Morgan fingerprint density at radius 3 is 2.49 bits per heavy atom. The van der Waals surface area contributed by atoms with E-state index in [-0.39, 0.29) is 18.4 Å². The molecule has 15 heteroatoms. The molecule has 6 N–H and O–H groups in total. The van der Waals surface area contributed by atoms with Crippen molar-refractivity contribution in [2.45, 2.75) is 87.4 Å². The molecular formula is C32H43FN4O9Si. The average Bonchev–Trinajstić information content (AvgIpc) is 3.50. The maximum atomic E-state index is 16.0.